The first-order chi connectivity index (χ1) is 8.65. The Labute approximate surface area is 107 Å². The summed E-state index contributed by atoms with van der Waals surface area (Å²) in [7, 11) is 2.91. The number of ketones is 1. The number of carbonyl (C=O) groups is 2. The lowest BCUT2D eigenvalue weighted by atomic mass is 10.1. The van der Waals surface area contributed by atoms with Gasteiger partial charge in [-0.25, -0.2) is 0 Å². The highest BCUT2D eigenvalue weighted by atomic mass is 16.5. The van der Waals surface area contributed by atoms with Crippen LogP contribution >= 0.6 is 0 Å². The van der Waals surface area contributed by atoms with Crippen molar-refractivity contribution < 1.29 is 19.1 Å². The minimum atomic E-state index is -0.468. The van der Waals surface area contributed by atoms with Gasteiger partial charge in [0, 0.05) is 6.42 Å². The fourth-order valence-corrected chi connectivity index (χ4v) is 1.60. The normalized spacial score (nSPS) is 9.89. The third-order valence-corrected chi connectivity index (χ3v) is 2.65. The molecule has 4 nitrogen and oxygen atoms in total. The van der Waals surface area contributed by atoms with Crippen LogP contribution in [0, 0.1) is 0 Å². The zero-order valence-corrected chi connectivity index (χ0v) is 10.8. The summed E-state index contributed by atoms with van der Waals surface area (Å²) in [5, 5.41) is 0. The van der Waals surface area contributed by atoms with Crippen LogP contribution in [0.15, 0.2) is 24.3 Å². The molecule has 0 amide bonds. The molecule has 0 radical (unpaired) electrons. The standard InChI is InChI=1S/C14H18O4/c1-17-13-8-6-11(7-9-13)4-3-5-12(15)10-14(16)18-2/h6-9H,3-5,10H2,1-2H3. The molecule has 0 atom stereocenters. The fraction of sp³-hybridized carbons (Fsp3) is 0.429. The quantitative estimate of drug-likeness (QED) is 0.549. The number of methoxy groups -OCH3 is 2. The van der Waals surface area contributed by atoms with Crippen molar-refractivity contribution in [2.75, 3.05) is 14.2 Å². The molecule has 0 N–H and O–H groups in total. The van der Waals surface area contributed by atoms with Crippen molar-refractivity contribution in [1.82, 2.24) is 0 Å². The molecule has 0 aliphatic rings. The molecule has 0 spiro atoms. The average Bonchev–Trinajstić information content (AvgIpc) is 2.39. The molecule has 0 bridgehead atoms. The maximum atomic E-state index is 11.4. The van der Waals surface area contributed by atoms with Crippen LogP contribution in [0.25, 0.3) is 0 Å². The largest absolute Gasteiger partial charge is 0.497 e. The fourth-order valence-electron chi connectivity index (χ4n) is 1.60. The summed E-state index contributed by atoms with van der Waals surface area (Å²) < 4.78 is 9.50. The number of esters is 1. The van der Waals surface area contributed by atoms with E-state index in [1.807, 2.05) is 24.3 Å². The van der Waals surface area contributed by atoms with E-state index < -0.39 is 5.97 Å². The summed E-state index contributed by atoms with van der Waals surface area (Å²) in [6.45, 7) is 0. The first-order valence-corrected chi connectivity index (χ1v) is 5.87. The maximum Gasteiger partial charge on any atom is 0.313 e. The predicted molar refractivity (Wildman–Crippen MR) is 67.6 cm³/mol. The summed E-state index contributed by atoms with van der Waals surface area (Å²) in [5.74, 6) is 0.278. The van der Waals surface area contributed by atoms with Gasteiger partial charge >= 0.3 is 5.97 Å². The van der Waals surface area contributed by atoms with Gasteiger partial charge in [0.1, 0.15) is 18.0 Å². The third kappa shape index (κ3) is 4.99. The topological polar surface area (TPSA) is 52.6 Å². The summed E-state index contributed by atoms with van der Waals surface area (Å²) in [6, 6.07) is 7.74. The summed E-state index contributed by atoms with van der Waals surface area (Å²) in [5.41, 5.74) is 1.15. The van der Waals surface area contributed by atoms with Crippen molar-refractivity contribution in [3.8, 4) is 5.75 Å². The molecule has 0 saturated carbocycles. The zero-order valence-electron chi connectivity index (χ0n) is 10.8. The number of aryl methyl sites for hydroxylation is 1. The lowest BCUT2D eigenvalue weighted by Gasteiger charge is -2.03. The number of rotatable bonds is 7. The van der Waals surface area contributed by atoms with Gasteiger partial charge in [-0.3, -0.25) is 9.59 Å². The van der Waals surface area contributed by atoms with Gasteiger partial charge in [-0.15, -0.1) is 0 Å². The van der Waals surface area contributed by atoms with E-state index in [2.05, 4.69) is 4.74 Å². The van der Waals surface area contributed by atoms with Gasteiger partial charge in [0.2, 0.25) is 0 Å². The van der Waals surface area contributed by atoms with Gasteiger partial charge < -0.3 is 9.47 Å². The average molecular weight is 250 g/mol. The molecule has 1 rings (SSSR count). The number of Topliss-reactive ketones (excluding diaryl/α,β-unsaturated/α-hetero) is 1. The Kier molecular flexibility index (Phi) is 5.91. The minimum absolute atomic E-state index is 0.0737. The first kappa shape index (κ1) is 14.2. The molecular weight excluding hydrogens is 232 g/mol. The Bertz CT molecular complexity index is 395. The number of hydrogen-bond acceptors (Lipinski definition) is 4. The van der Waals surface area contributed by atoms with Crippen LogP contribution in [0.5, 0.6) is 5.75 Å². The van der Waals surface area contributed by atoms with Crippen molar-refractivity contribution in [3.63, 3.8) is 0 Å². The Morgan fingerprint density at radius 2 is 1.78 bits per heavy atom. The highest BCUT2D eigenvalue weighted by Crippen LogP contribution is 2.13. The maximum absolute atomic E-state index is 11.4. The Balaban J connectivity index is 2.28. The molecule has 0 saturated heterocycles. The molecule has 0 aliphatic carbocycles. The summed E-state index contributed by atoms with van der Waals surface area (Å²) >= 11 is 0. The molecule has 1 aromatic rings. The number of ether oxygens (including phenoxy) is 2. The Morgan fingerprint density at radius 1 is 1.11 bits per heavy atom. The monoisotopic (exact) mass is 250 g/mol. The Hall–Kier alpha value is -1.84. The number of benzene rings is 1. The van der Waals surface area contributed by atoms with E-state index in [1.165, 1.54) is 7.11 Å². The van der Waals surface area contributed by atoms with Gasteiger partial charge in [-0.1, -0.05) is 12.1 Å². The highest BCUT2D eigenvalue weighted by Gasteiger charge is 2.08. The third-order valence-electron chi connectivity index (χ3n) is 2.65. The van der Waals surface area contributed by atoms with Crippen LogP contribution in [0.4, 0.5) is 0 Å². The van der Waals surface area contributed by atoms with E-state index in [-0.39, 0.29) is 12.2 Å². The molecule has 1 aromatic carbocycles. The molecule has 18 heavy (non-hydrogen) atoms. The van der Waals surface area contributed by atoms with Crippen molar-refractivity contribution in [2.45, 2.75) is 25.7 Å². The Morgan fingerprint density at radius 3 is 2.33 bits per heavy atom. The first-order valence-electron chi connectivity index (χ1n) is 5.87. The molecular formula is C14H18O4. The van der Waals surface area contributed by atoms with E-state index in [0.29, 0.717) is 6.42 Å². The predicted octanol–water partition coefficient (Wildman–Crippen LogP) is 2.15. The highest BCUT2D eigenvalue weighted by molar-refractivity contribution is 5.95. The van der Waals surface area contributed by atoms with Crippen LogP contribution in [-0.4, -0.2) is 26.0 Å². The number of hydrogen-bond donors (Lipinski definition) is 0. The summed E-state index contributed by atoms with van der Waals surface area (Å²) in [6.07, 6.45) is 1.83. The van der Waals surface area contributed by atoms with Crippen molar-refractivity contribution in [3.05, 3.63) is 29.8 Å². The molecule has 98 valence electrons. The van der Waals surface area contributed by atoms with Crippen molar-refractivity contribution in [2.24, 2.45) is 0 Å². The lowest BCUT2D eigenvalue weighted by molar-refractivity contribution is -0.143. The number of carbonyl (C=O) groups excluding carboxylic acids is 2. The second-order valence-corrected chi connectivity index (χ2v) is 3.99. The van der Waals surface area contributed by atoms with Gasteiger partial charge in [0.25, 0.3) is 0 Å². The molecule has 4 heteroatoms. The lowest BCUT2D eigenvalue weighted by Crippen LogP contribution is -2.09. The van der Waals surface area contributed by atoms with Crippen LogP contribution in [-0.2, 0) is 20.7 Å². The van der Waals surface area contributed by atoms with Gasteiger partial charge in [0.15, 0.2) is 0 Å². The van der Waals surface area contributed by atoms with Crippen molar-refractivity contribution >= 4 is 11.8 Å². The van der Waals surface area contributed by atoms with Gasteiger partial charge in [-0.05, 0) is 30.5 Å². The van der Waals surface area contributed by atoms with Crippen molar-refractivity contribution in [1.29, 1.82) is 0 Å². The molecule has 0 heterocycles. The SMILES string of the molecule is COC(=O)CC(=O)CCCc1ccc(OC)cc1. The van der Waals surface area contributed by atoms with E-state index in [4.69, 9.17) is 4.74 Å². The van der Waals surface area contributed by atoms with Crippen LogP contribution in [0.1, 0.15) is 24.8 Å². The van der Waals surface area contributed by atoms with Gasteiger partial charge in [-0.2, -0.15) is 0 Å². The van der Waals surface area contributed by atoms with E-state index in [0.717, 1.165) is 24.2 Å². The zero-order chi connectivity index (χ0) is 13.4. The molecule has 0 fully saturated rings. The van der Waals surface area contributed by atoms with E-state index in [9.17, 15) is 9.59 Å². The molecule has 0 unspecified atom stereocenters. The molecule has 0 aliphatic heterocycles. The van der Waals surface area contributed by atoms with Crippen LogP contribution in [0.3, 0.4) is 0 Å². The summed E-state index contributed by atoms with van der Waals surface area (Å²) in [4.78, 5) is 22.3. The molecule has 0 aromatic heterocycles. The van der Waals surface area contributed by atoms with Gasteiger partial charge in [0.05, 0.1) is 14.2 Å². The van der Waals surface area contributed by atoms with E-state index in [1.54, 1.807) is 7.11 Å². The van der Waals surface area contributed by atoms with E-state index >= 15 is 0 Å². The van der Waals surface area contributed by atoms with Crippen LogP contribution in [0.2, 0.25) is 0 Å². The van der Waals surface area contributed by atoms with Crippen LogP contribution < -0.4 is 4.74 Å². The second-order valence-electron chi connectivity index (χ2n) is 3.99. The smallest absolute Gasteiger partial charge is 0.313 e. The second kappa shape index (κ2) is 7.48. The minimum Gasteiger partial charge on any atom is -0.497 e.